The maximum atomic E-state index is 12.1. The summed E-state index contributed by atoms with van der Waals surface area (Å²) in [5.41, 5.74) is 1.89. The minimum atomic E-state index is -0.217. The van der Waals surface area contributed by atoms with E-state index in [0.717, 1.165) is 18.8 Å². The molecule has 2 amide bonds. The normalized spacial score (nSPS) is 19.4. The van der Waals surface area contributed by atoms with Crippen molar-refractivity contribution in [2.45, 2.75) is 0 Å². The Morgan fingerprint density at radius 2 is 1.83 bits per heavy atom. The number of fused-ring (bicyclic) bond motifs is 1. The summed E-state index contributed by atoms with van der Waals surface area (Å²) in [4.78, 5) is 27.3. The van der Waals surface area contributed by atoms with Crippen LogP contribution in [0, 0.1) is 0 Å². The van der Waals surface area contributed by atoms with Gasteiger partial charge in [-0.1, -0.05) is 6.07 Å². The Hall–Kier alpha value is -1.88. The highest BCUT2D eigenvalue weighted by molar-refractivity contribution is 6.23. The first-order valence-electron chi connectivity index (χ1n) is 5.98. The van der Waals surface area contributed by atoms with E-state index in [1.54, 1.807) is 6.07 Å². The average Bonchev–Trinajstić information content (AvgIpc) is 2.65. The third-order valence-corrected chi connectivity index (χ3v) is 3.45. The number of ether oxygens (including phenoxy) is 1. The van der Waals surface area contributed by atoms with Crippen molar-refractivity contribution < 1.29 is 14.3 Å². The van der Waals surface area contributed by atoms with Gasteiger partial charge in [0.2, 0.25) is 0 Å². The molecule has 1 saturated heterocycles. The lowest BCUT2D eigenvalue weighted by Crippen LogP contribution is -2.37. The van der Waals surface area contributed by atoms with Crippen LogP contribution in [0.3, 0.4) is 0 Å². The van der Waals surface area contributed by atoms with Gasteiger partial charge in [0.05, 0.1) is 30.0 Å². The number of carbonyl (C=O) groups is 2. The van der Waals surface area contributed by atoms with Crippen LogP contribution in [-0.4, -0.2) is 50.1 Å². The molecule has 18 heavy (non-hydrogen) atoms. The van der Waals surface area contributed by atoms with E-state index in [9.17, 15) is 9.59 Å². The Morgan fingerprint density at radius 3 is 2.56 bits per heavy atom. The van der Waals surface area contributed by atoms with Gasteiger partial charge in [-0.25, -0.2) is 0 Å². The molecule has 5 nitrogen and oxygen atoms in total. The number of anilines is 1. The third kappa shape index (κ3) is 1.51. The number of hydrogen-bond acceptors (Lipinski definition) is 4. The highest BCUT2D eigenvalue weighted by Gasteiger charge is 2.36. The summed E-state index contributed by atoms with van der Waals surface area (Å²) in [5, 5.41) is 0. The van der Waals surface area contributed by atoms with Crippen molar-refractivity contribution >= 4 is 17.5 Å². The van der Waals surface area contributed by atoms with Gasteiger partial charge in [0.15, 0.2) is 0 Å². The van der Waals surface area contributed by atoms with Crippen LogP contribution in [0.5, 0.6) is 0 Å². The molecular weight excluding hydrogens is 232 g/mol. The van der Waals surface area contributed by atoms with Crippen LogP contribution in [0.4, 0.5) is 5.69 Å². The summed E-state index contributed by atoms with van der Waals surface area (Å²) in [7, 11) is 1.52. The fraction of sp³-hybridized carbons (Fsp3) is 0.385. The van der Waals surface area contributed by atoms with Crippen molar-refractivity contribution in [3.05, 3.63) is 29.3 Å². The number of carbonyl (C=O) groups excluding carboxylic acids is 2. The van der Waals surface area contributed by atoms with E-state index in [2.05, 4.69) is 4.90 Å². The van der Waals surface area contributed by atoms with Crippen molar-refractivity contribution in [2.24, 2.45) is 0 Å². The first kappa shape index (κ1) is 11.2. The second-order valence-corrected chi connectivity index (χ2v) is 4.47. The molecule has 2 aliphatic heterocycles. The zero-order chi connectivity index (χ0) is 12.7. The van der Waals surface area contributed by atoms with Gasteiger partial charge in [-0.15, -0.1) is 0 Å². The number of imide groups is 1. The number of nitrogens with zero attached hydrogens (tertiary/aromatic N) is 2. The average molecular weight is 246 g/mol. The SMILES string of the molecule is CN1C(=O)c2cccc(N3CCOCC3)c2C1=O. The Bertz CT molecular complexity index is 521. The molecule has 2 heterocycles. The molecule has 0 atom stereocenters. The molecule has 3 rings (SSSR count). The second-order valence-electron chi connectivity index (χ2n) is 4.47. The van der Waals surface area contributed by atoms with E-state index in [0.29, 0.717) is 24.3 Å². The summed E-state index contributed by atoms with van der Waals surface area (Å²) in [6.45, 7) is 2.81. The molecule has 2 aliphatic rings. The summed E-state index contributed by atoms with van der Waals surface area (Å²) in [6, 6.07) is 5.44. The molecule has 1 aromatic rings. The van der Waals surface area contributed by atoms with E-state index in [1.165, 1.54) is 11.9 Å². The van der Waals surface area contributed by atoms with Gasteiger partial charge in [-0.2, -0.15) is 0 Å². The Labute approximate surface area is 105 Å². The zero-order valence-electron chi connectivity index (χ0n) is 10.2. The van der Waals surface area contributed by atoms with E-state index in [4.69, 9.17) is 4.74 Å². The number of hydrogen-bond donors (Lipinski definition) is 0. The predicted octanol–water partition coefficient (Wildman–Crippen LogP) is 0.749. The molecule has 1 aromatic carbocycles. The van der Waals surface area contributed by atoms with Gasteiger partial charge in [-0.05, 0) is 12.1 Å². The molecule has 0 unspecified atom stereocenters. The number of amides is 2. The van der Waals surface area contributed by atoms with Crippen LogP contribution >= 0.6 is 0 Å². The number of benzene rings is 1. The van der Waals surface area contributed by atoms with E-state index >= 15 is 0 Å². The second kappa shape index (κ2) is 4.10. The molecule has 5 heteroatoms. The minimum absolute atomic E-state index is 0.211. The van der Waals surface area contributed by atoms with E-state index in [1.807, 2.05) is 12.1 Å². The maximum absolute atomic E-state index is 12.1. The van der Waals surface area contributed by atoms with Gasteiger partial charge < -0.3 is 9.64 Å². The maximum Gasteiger partial charge on any atom is 0.263 e. The van der Waals surface area contributed by atoms with Gasteiger partial charge in [0, 0.05) is 20.1 Å². The molecule has 0 aliphatic carbocycles. The van der Waals surface area contributed by atoms with Crippen molar-refractivity contribution in [3.63, 3.8) is 0 Å². The molecule has 0 aromatic heterocycles. The third-order valence-electron chi connectivity index (χ3n) is 3.45. The highest BCUT2D eigenvalue weighted by Crippen LogP contribution is 2.31. The van der Waals surface area contributed by atoms with Crippen LogP contribution in [-0.2, 0) is 4.74 Å². The first-order valence-corrected chi connectivity index (χ1v) is 5.98. The number of morpholine rings is 1. The largest absolute Gasteiger partial charge is 0.378 e. The summed E-state index contributed by atoms with van der Waals surface area (Å²) >= 11 is 0. The zero-order valence-corrected chi connectivity index (χ0v) is 10.2. The van der Waals surface area contributed by atoms with Crippen molar-refractivity contribution in [1.29, 1.82) is 0 Å². The smallest absolute Gasteiger partial charge is 0.263 e. The molecule has 0 saturated carbocycles. The quantitative estimate of drug-likeness (QED) is 0.686. The van der Waals surface area contributed by atoms with Crippen molar-refractivity contribution in [3.8, 4) is 0 Å². The fourth-order valence-electron chi connectivity index (χ4n) is 2.45. The molecule has 0 spiro atoms. The van der Waals surface area contributed by atoms with Gasteiger partial charge >= 0.3 is 0 Å². The summed E-state index contributed by atoms with van der Waals surface area (Å²) in [5.74, 6) is -0.429. The van der Waals surface area contributed by atoms with Crippen LogP contribution in [0.15, 0.2) is 18.2 Å². The molecular formula is C13H14N2O3. The summed E-state index contributed by atoms with van der Waals surface area (Å²) in [6.07, 6.45) is 0. The van der Waals surface area contributed by atoms with Gasteiger partial charge in [0.1, 0.15) is 0 Å². The predicted molar refractivity (Wildman–Crippen MR) is 65.9 cm³/mol. The monoisotopic (exact) mass is 246 g/mol. The molecule has 0 N–H and O–H groups in total. The molecule has 0 bridgehead atoms. The van der Waals surface area contributed by atoms with Crippen LogP contribution in [0.1, 0.15) is 20.7 Å². The molecule has 0 radical (unpaired) electrons. The Kier molecular flexibility index (Phi) is 2.56. The Morgan fingerprint density at radius 1 is 1.11 bits per heavy atom. The van der Waals surface area contributed by atoms with E-state index in [-0.39, 0.29) is 11.8 Å². The lowest BCUT2D eigenvalue weighted by molar-refractivity contribution is 0.0693. The van der Waals surface area contributed by atoms with Crippen LogP contribution in [0.25, 0.3) is 0 Å². The molecule has 94 valence electrons. The Balaban J connectivity index is 2.08. The first-order chi connectivity index (χ1) is 8.70. The van der Waals surface area contributed by atoms with Gasteiger partial charge in [0.25, 0.3) is 11.8 Å². The van der Waals surface area contributed by atoms with E-state index < -0.39 is 0 Å². The highest BCUT2D eigenvalue weighted by atomic mass is 16.5. The standard InChI is InChI=1S/C13H14N2O3/c1-14-12(16)9-3-2-4-10(11(9)13(14)17)15-5-7-18-8-6-15/h2-4H,5-8H2,1H3. The van der Waals surface area contributed by atoms with Crippen LogP contribution in [0.2, 0.25) is 0 Å². The fourth-order valence-corrected chi connectivity index (χ4v) is 2.45. The summed E-state index contributed by atoms with van der Waals surface area (Å²) < 4.78 is 5.31. The van der Waals surface area contributed by atoms with Crippen molar-refractivity contribution in [2.75, 3.05) is 38.3 Å². The lowest BCUT2D eigenvalue weighted by Gasteiger charge is -2.29. The van der Waals surface area contributed by atoms with Gasteiger partial charge in [-0.3, -0.25) is 14.5 Å². The van der Waals surface area contributed by atoms with Crippen molar-refractivity contribution in [1.82, 2.24) is 4.90 Å². The topological polar surface area (TPSA) is 49.9 Å². The lowest BCUT2D eigenvalue weighted by atomic mass is 10.1. The minimum Gasteiger partial charge on any atom is -0.378 e. The number of rotatable bonds is 1. The molecule has 1 fully saturated rings. The van der Waals surface area contributed by atoms with Crippen LogP contribution < -0.4 is 4.90 Å².